The fraction of sp³-hybridized carbons (Fsp3) is 0.273. The van der Waals surface area contributed by atoms with Gasteiger partial charge in [0.15, 0.2) is 0 Å². The standard InChI is InChI=1S/C22H25N3O3/c1-3-24-12-15-5-7-16(8-6-15)13-25-14-19(22(23)27)21(26)18-11-17(28-4-2)9-10-20(18)25/h5-11,14,24H,3-4,12-13H2,1-2H3,(H2,23,27). The van der Waals surface area contributed by atoms with Gasteiger partial charge >= 0.3 is 0 Å². The van der Waals surface area contributed by atoms with Crippen LogP contribution >= 0.6 is 0 Å². The summed E-state index contributed by atoms with van der Waals surface area (Å²) in [6, 6.07) is 13.6. The lowest BCUT2D eigenvalue weighted by Gasteiger charge is -2.14. The molecule has 146 valence electrons. The molecule has 1 heterocycles. The Bertz CT molecular complexity index is 1040. The van der Waals surface area contributed by atoms with Crippen molar-refractivity contribution in [2.75, 3.05) is 13.2 Å². The van der Waals surface area contributed by atoms with E-state index in [-0.39, 0.29) is 11.0 Å². The normalized spacial score (nSPS) is 10.9. The first-order valence-corrected chi connectivity index (χ1v) is 9.41. The summed E-state index contributed by atoms with van der Waals surface area (Å²) in [4.78, 5) is 24.5. The van der Waals surface area contributed by atoms with Crippen LogP contribution in [0.5, 0.6) is 5.75 Å². The topological polar surface area (TPSA) is 86.4 Å². The van der Waals surface area contributed by atoms with Gasteiger partial charge in [-0.05, 0) is 42.8 Å². The van der Waals surface area contributed by atoms with Crippen LogP contribution in [0.4, 0.5) is 0 Å². The first kappa shape index (κ1) is 19.6. The van der Waals surface area contributed by atoms with Crippen molar-refractivity contribution in [3.63, 3.8) is 0 Å². The lowest BCUT2D eigenvalue weighted by molar-refractivity contribution is 0.0998. The minimum atomic E-state index is -0.733. The number of rotatable bonds is 8. The Hall–Kier alpha value is -3.12. The molecule has 0 bridgehead atoms. The first-order valence-electron chi connectivity index (χ1n) is 9.41. The fourth-order valence-electron chi connectivity index (χ4n) is 3.17. The largest absolute Gasteiger partial charge is 0.494 e. The summed E-state index contributed by atoms with van der Waals surface area (Å²) in [6.45, 7) is 6.71. The maximum absolute atomic E-state index is 12.7. The van der Waals surface area contributed by atoms with E-state index in [1.54, 1.807) is 12.3 Å². The van der Waals surface area contributed by atoms with Crippen molar-refractivity contribution in [2.24, 2.45) is 5.73 Å². The number of hydrogen-bond acceptors (Lipinski definition) is 4. The molecule has 0 saturated carbocycles. The third-order valence-electron chi connectivity index (χ3n) is 4.58. The van der Waals surface area contributed by atoms with Gasteiger partial charge in [0.05, 0.1) is 17.5 Å². The quantitative estimate of drug-likeness (QED) is 0.630. The fourth-order valence-corrected chi connectivity index (χ4v) is 3.17. The Morgan fingerprint density at radius 2 is 1.82 bits per heavy atom. The number of nitrogens with one attached hydrogen (secondary N) is 1. The van der Waals surface area contributed by atoms with E-state index in [2.05, 4.69) is 36.5 Å². The van der Waals surface area contributed by atoms with Crippen LogP contribution in [0, 0.1) is 0 Å². The Kier molecular flexibility index (Phi) is 6.11. The zero-order valence-electron chi connectivity index (χ0n) is 16.2. The molecule has 1 amide bonds. The number of pyridine rings is 1. The molecule has 0 atom stereocenters. The van der Waals surface area contributed by atoms with Crippen molar-refractivity contribution < 1.29 is 9.53 Å². The molecule has 0 spiro atoms. The predicted molar refractivity (Wildman–Crippen MR) is 111 cm³/mol. The van der Waals surface area contributed by atoms with Crippen molar-refractivity contribution in [3.05, 3.63) is 75.6 Å². The minimum absolute atomic E-state index is 0.0232. The van der Waals surface area contributed by atoms with Crippen LogP contribution in [0.1, 0.15) is 35.3 Å². The summed E-state index contributed by atoms with van der Waals surface area (Å²) in [5, 5.41) is 3.72. The maximum Gasteiger partial charge on any atom is 0.254 e. The highest BCUT2D eigenvalue weighted by atomic mass is 16.5. The molecule has 0 unspecified atom stereocenters. The maximum atomic E-state index is 12.7. The zero-order valence-corrected chi connectivity index (χ0v) is 16.2. The number of fused-ring (bicyclic) bond motifs is 1. The molecule has 3 N–H and O–H groups in total. The van der Waals surface area contributed by atoms with E-state index in [1.807, 2.05) is 23.6 Å². The lowest BCUT2D eigenvalue weighted by Crippen LogP contribution is -2.24. The SMILES string of the molecule is CCNCc1ccc(Cn2cc(C(N)=O)c(=O)c3cc(OCC)ccc32)cc1. The zero-order chi connectivity index (χ0) is 20.1. The minimum Gasteiger partial charge on any atom is -0.494 e. The first-order chi connectivity index (χ1) is 13.5. The van der Waals surface area contributed by atoms with Crippen molar-refractivity contribution >= 4 is 16.8 Å². The van der Waals surface area contributed by atoms with Gasteiger partial charge < -0.3 is 20.4 Å². The number of nitrogens with zero attached hydrogens (tertiary/aromatic N) is 1. The Balaban J connectivity index is 2.03. The lowest BCUT2D eigenvalue weighted by atomic mass is 10.1. The van der Waals surface area contributed by atoms with Gasteiger partial charge in [-0.3, -0.25) is 9.59 Å². The second-order valence-corrected chi connectivity index (χ2v) is 6.57. The molecule has 0 saturated heterocycles. The molecular weight excluding hydrogens is 354 g/mol. The highest BCUT2D eigenvalue weighted by molar-refractivity contribution is 5.96. The van der Waals surface area contributed by atoms with Crippen LogP contribution in [0.25, 0.3) is 10.9 Å². The average Bonchev–Trinajstić information content (AvgIpc) is 2.69. The molecular formula is C22H25N3O3. The summed E-state index contributed by atoms with van der Waals surface area (Å²) in [7, 11) is 0. The Morgan fingerprint density at radius 3 is 2.46 bits per heavy atom. The van der Waals surface area contributed by atoms with Crippen LogP contribution in [-0.4, -0.2) is 23.6 Å². The highest BCUT2D eigenvalue weighted by Gasteiger charge is 2.14. The molecule has 6 heteroatoms. The summed E-state index contributed by atoms with van der Waals surface area (Å²) < 4.78 is 7.38. The second-order valence-electron chi connectivity index (χ2n) is 6.57. The molecule has 6 nitrogen and oxygen atoms in total. The van der Waals surface area contributed by atoms with Crippen LogP contribution in [0.15, 0.2) is 53.5 Å². The molecule has 1 aromatic heterocycles. The van der Waals surface area contributed by atoms with Crippen LogP contribution in [0.2, 0.25) is 0 Å². The van der Waals surface area contributed by atoms with Gasteiger partial charge in [-0.1, -0.05) is 31.2 Å². The second kappa shape index (κ2) is 8.71. The van der Waals surface area contributed by atoms with E-state index in [4.69, 9.17) is 10.5 Å². The van der Waals surface area contributed by atoms with E-state index < -0.39 is 5.91 Å². The summed E-state index contributed by atoms with van der Waals surface area (Å²) in [6.07, 6.45) is 1.54. The summed E-state index contributed by atoms with van der Waals surface area (Å²) >= 11 is 0. The van der Waals surface area contributed by atoms with E-state index in [1.165, 1.54) is 5.56 Å². The molecule has 0 radical (unpaired) electrons. The van der Waals surface area contributed by atoms with Crippen molar-refractivity contribution in [2.45, 2.75) is 26.9 Å². The number of ether oxygens (including phenoxy) is 1. The Labute approximate surface area is 163 Å². The van der Waals surface area contributed by atoms with Gasteiger partial charge in [0.25, 0.3) is 5.91 Å². The van der Waals surface area contributed by atoms with E-state index in [0.717, 1.165) is 24.2 Å². The molecule has 3 rings (SSSR count). The molecule has 0 aliphatic carbocycles. The van der Waals surface area contributed by atoms with Gasteiger partial charge in [-0.25, -0.2) is 0 Å². The van der Waals surface area contributed by atoms with Crippen molar-refractivity contribution in [1.29, 1.82) is 0 Å². The van der Waals surface area contributed by atoms with Gasteiger partial charge in [-0.15, -0.1) is 0 Å². The average molecular weight is 379 g/mol. The number of benzene rings is 2. The molecule has 0 aliphatic heterocycles. The number of primary amides is 1. The van der Waals surface area contributed by atoms with Gasteiger partial charge in [-0.2, -0.15) is 0 Å². The van der Waals surface area contributed by atoms with Crippen LogP contribution in [0.3, 0.4) is 0 Å². The summed E-state index contributed by atoms with van der Waals surface area (Å²) in [5.41, 5.74) is 8.04. The van der Waals surface area contributed by atoms with Gasteiger partial charge in [0.2, 0.25) is 5.43 Å². The monoisotopic (exact) mass is 379 g/mol. The molecule has 0 fully saturated rings. The molecule has 2 aromatic carbocycles. The molecule has 3 aromatic rings. The molecule has 0 aliphatic rings. The Morgan fingerprint density at radius 1 is 1.11 bits per heavy atom. The highest BCUT2D eigenvalue weighted by Crippen LogP contribution is 2.20. The predicted octanol–water partition coefficient (Wildman–Crippen LogP) is 2.66. The molecule has 28 heavy (non-hydrogen) atoms. The van der Waals surface area contributed by atoms with Crippen LogP contribution < -0.4 is 21.2 Å². The number of carbonyl (C=O) groups is 1. The van der Waals surface area contributed by atoms with Crippen molar-refractivity contribution in [1.82, 2.24) is 9.88 Å². The third-order valence-corrected chi connectivity index (χ3v) is 4.58. The summed E-state index contributed by atoms with van der Waals surface area (Å²) in [5.74, 6) is -0.142. The van der Waals surface area contributed by atoms with Crippen LogP contribution in [-0.2, 0) is 13.1 Å². The van der Waals surface area contributed by atoms with Gasteiger partial charge in [0, 0.05) is 19.3 Å². The number of amides is 1. The number of carbonyl (C=O) groups excluding carboxylic acids is 1. The van der Waals surface area contributed by atoms with E-state index in [9.17, 15) is 9.59 Å². The van der Waals surface area contributed by atoms with E-state index >= 15 is 0 Å². The number of aromatic nitrogens is 1. The third kappa shape index (κ3) is 4.23. The number of nitrogens with two attached hydrogens (primary N) is 1. The van der Waals surface area contributed by atoms with Gasteiger partial charge in [0.1, 0.15) is 11.3 Å². The van der Waals surface area contributed by atoms with E-state index in [0.29, 0.717) is 24.3 Å². The number of hydrogen-bond donors (Lipinski definition) is 2. The van der Waals surface area contributed by atoms with Crippen molar-refractivity contribution in [3.8, 4) is 5.75 Å². The smallest absolute Gasteiger partial charge is 0.254 e.